The topological polar surface area (TPSA) is 146 Å². The van der Waals surface area contributed by atoms with Crippen molar-refractivity contribution in [2.75, 3.05) is 44.0 Å². The number of carbonyl (C=O) groups is 3. The van der Waals surface area contributed by atoms with Gasteiger partial charge in [0.15, 0.2) is 5.76 Å². The second-order valence-electron chi connectivity index (χ2n) is 12.7. The van der Waals surface area contributed by atoms with Crippen molar-refractivity contribution in [2.24, 2.45) is 5.92 Å². The summed E-state index contributed by atoms with van der Waals surface area (Å²) in [7, 11) is 1.69. The highest BCUT2D eigenvalue weighted by atomic mass is 16.5. The molecule has 3 aromatic rings. The maximum Gasteiger partial charge on any atom is 0.321 e. The zero-order valence-electron chi connectivity index (χ0n) is 28.8. The molecule has 1 aliphatic heterocycles. The fourth-order valence-corrected chi connectivity index (χ4v) is 5.67. The molecule has 0 spiro atoms. The Morgan fingerprint density at radius 2 is 1.85 bits per heavy atom. The van der Waals surface area contributed by atoms with Crippen molar-refractivity contribution in [3.8, 4) is 5.75 Å². The molecular weight excluding hydrogens is 614 g/mol. The van der Waals surface area contributed by atoms with Crippen LogP contribution in [0.3, 0.4) is 0 Å². The molecule has 48 heavy (non-hydrogen) atoms. The normalized spacial score (nSPS) is 19.8. The first kappa shape index (κ1) is 36.4. The Balaban J connectivity index is 1.58. The molecular formula is C36H49N5O7. The molecule has 0 aliphatic carbocycles. The number of benzene rings is 2. The molecule has 0 fully saturated rings. The van der Waals surface area contributed by atoms with E-state index in [9.17, 15) is 19.5 Å². The number of carbonyl (C=O) groups excluding carboxylic acids is 3. The van der Waals surface area contributed by atoms with Crippen molar-refractivity contribution in [3.05, 3.63) is 71.1 Å². The van der Waals surface area contributed by atoms with Crippen LogP contribution in [0.1, 0.15) is 67.4 Å². The highest BCUT2D eigenvalue weighted by Gasteiger charge is 2.31. The van der Waals surface area contributed by atoms with Crippen LogP contribution in [0, 0.1) is 19.8 Å². The van der Waals surface area contributed by atoms with Crippen molar-refractivity contribution >= 4 is 29.2 Å². The molecule has 4 rings (SSSR count). The summed E-state index contributed by atoms with van der Waals surface area (Å²) in [4.78, 5) is 43.6. The van der Waals surface area contributed by atoms with Crippen molar-refractivity contribution in [1.29, 1.82) is 0 Å². The van der Waals surface area contributed by atoms with Gasteiger partial charge in [0.25, 0.3) is 5.91 Å². The average Bonchev–Trinajstić information content (AvgIpc) is 3.38. The molecule has 12 nitrogen and oxygen atoms in total. The van der Waals surface area contributed by atoms with Crippen LogP contribution in [0.5, 0.6) is 5.75 Å². The third-order valence-corrected chi connectivity index (χ3v) is 8.61. The number of hydrogen-bond acceptors (Lipinski definition) is 8. The van der Waals surface area contributed by atoms with Gasteiger partial charge in [0.2, 0.25) is 5.91 Å². The van der Waals surface area contributed by atoms with Crippen LogP contribution in [0.2, 0.25) is 0 Å². The van der Waals surface area contributed by atoms with Gasteiger partial charge in [-0.3, -0.25) is 9.59 Å². The van der Waals surface area contributed by atoms with E-state index >= 15 is 0 Å². The molecule has 0 saturated carbocycles. The molecule has 1 aliphatic rings. The van der Waals surface area contributed by atoms with Crippen LogP contribution in [0.4, 0.5) is 16.2 Å². The number of nitrogens with zero attached hydrogens (tertiary/aromatic N) is 3. The molecule has 2 heterocycles. The average molecular weight is 664 g/mol. The molecule has 3 N–H and O–H groups in total. The summed E-state index contributed by atoms with van der Waals surface area (Å²) in [5.74, 6) is 0.154. The number of aliphatic hydroxyl groups excluding tert-OH is 1. The summed E-state index contributed by atoms with van der Waals surface area (Å²) in [5, 5.41) is 19.9. The lowest BCUT2D eigenvalue weighted by atomic mass is 10.0. The Bertz CT molecular complexity index is 1510. The lowest BCUT2D eigenvalue weighted by molar-refractivity contribution is -0.115. The highest BCUT2D eigenvalue weighted by molar-refractivity contribution is 6.00. The smallest absolute Gasteiger partial charge is 0.321 e. The fraction of sp³-hybridized carbons (Fsp3) is 0.500. The quantitative estimate of drug-likeness (QED) is 0.289. The van der Waals surface area contributed by atoms with Crippen molar-refractivity contribution < 1.29 is 33.5 Å². The summed E-state index contributed by atoms with van der Waals surface area (Å²) in [6, 6.07) is 13.7. The molecule has 0 radical (unpaired) electrons. The van der Waals surface area contributed by atoms with Gasteiger partial charge >= 0.3 is 6.03 Å². The van der Waals surface area contributed by atoms with E-state index in [-0.39, 0.29) is 61.5 Å². The van der Waals surface area contributed by atoms with Crippen molar-refractivity contribution in [2.45, 2.75) is 78.6 Å². The van der Waals surface area contributed by atoms with Crippen molar-refractivity contribution in [1.82, 2.24) is 15.0 Å². The predicted octanol–water partition coefficient (Wildman–Crippen LogP) is 5.43. The summed E-state index contributed by atoms with van der Waals surface area (Å²) in [5.41, 5.74) is 2.75. The largest absolute Gasteiger partial charge is 0.490 e. The van der Waals surface area contributed by atoms with Gasteiger partial charge in [-0.05, 0) is 70.7 Å². The third kappa shape index (κ3) is 9.80. The van der Waals surface area contributed by atoms with E-state index in [2.05, 4.69) is 15.8 Å². The van der Waals surface area contributed by atoms with Crippen molar-refractivity contribution in [3.63, 3.8) is 0 Å². The Morgan fingerprint density at radius 1 is 1.10 bits per heavy atom. The minimum atomic E-state index is -0.532. The lowest BCUT2D eigenvalue weighted by Gasteiger charge is -2.35. The van der Waals surface area contributed by atoms with Crippen LogP contribution >= 0.6 is 0 Å². The monoisotopic (exact) mass is 663 g/mol. The third-order valence-electron chi connectivity index (χ3n) is 8.61. The molecule has 1 aromatic heterocycles. The standard InChI is InChI=1S/C36H49N5O7/c1-23-20-41(24(2)22-42)35(44)30-19-29(37-33(43)18-28-13-8-7-9-14-28)15-16-31(30)47-25(3)12-10-11-17-46-32(23)21-40(6)36(45)38-34-26(4)39-48-27(34)5/h7-9,13-16,19,23-25,32,42H,10-12,17-18,20-22H2,1-6H3,(H,37,43)(H,38,45)/t23-,24-,25-,32+/m0/s1. The number of rotatable bonds is 8. The van der Waals surface area contributed by atoms with Gasteiger partial charge in [0.05, 0.1) is 36.8 Å². The first-order chi connectivity index (χ1) is 23.0. The van der Waals surface area contributed by atoms with Crippen LogP contribution in [-0.4, -0.2) is 89.5 Å². The number of aromatic nitrogens is 1. The lowest BCUT2D eigenvalue weighted by Crippen LogP contribution is -2.48. The number of nitrogens with one attached hydrogen (secondary N) is 2. The van der Waals surface area contributed by atoms with Gasteiger partial charge in [0, 0.05) is 38.3 Å². The number of fused-ring (bicyclic) bond motifs is 1. The van der Waals surface area contributed by atoms with Crippen LogP contribution in [0.15, 0.2) is 53.1 Å². The zero-order valence-corrected chi connectivity index (χ0v) is 28.8. The molecule has 4 amide bonds. The van der Waals surface area contributed by atoms with E-state index in [1.807, 2.05) is 44.2 Å². The summed E-state index contributed by atoms with van der Waals surface area (Å²) in [6.45, 7) is 9.93. The SMILES string of the molecule is Cc1noc(C)c1NC(=O)N(C)C[C@H]1OCCCC[C@H](C)Oc2ccc(NC(=O)Cc3ccccc3)cc2C(=O)N([C@@H](C)CO)C[C@@H]1C. The second-order valence-corrected chi connectivity index (χ2v) is 12.7. The molecule has 260 valence electrons. The van der Waals surface area contributed by atoms with Gasteiger partial charge in [0.1, 0.15) is 17.1 Å². The first-order valence-corrected chi connectivity index (χ1v) is 16.6. The highest BCUT2D eigenvalue weighted by Crippen LogP contribution is 2.29. The Morgan fingerprint density at radius 3 is 2.54 bits per heavy atom. The van der Waals surface area contributed by atoms with E-state index in [0.29, 0.717) is 35.2 Å². The maximum atomic E-state index is 14.4. The number of amides is 4. The summed E-state index contributed by atoms with van der Waals surface area (Å²) in [6.07, 6.45) is 1.97. The van der Waals surface area contributed by atoms with Gasteiger partial charge in [-0.15, -0.1) is 0 Å². The summed E-state index contributed by atoms with van der Waals surface area (Å²) >= 11 is 0. The Hall–Kier alpha value is -4.42. The minimum Gasteiger partial charge on any atom is -0.490 e. The molecule has 2 aromatic carbocycles. The fourth-order valence-electron chi connectivity index (χ4n) is 5.67. The second kappa shape index (κ2) is 17.1. The number of likely N-dealkylation sites (N-methyl/N-ethyl adjacent to an activating group) is 1. The minimum absolute atomic E-state index is 0.185. The Kier molecular flexibility index (Phi) is 13.0. The van der Waals surface area contributed by atoms with E-state index in [4.69, 9.17) is 14.0 Å². The molecule has 12 heteroatoms. The number of aryl methyl sites for hydroxylation is 2. The van der Waals surface area contributed by atoms with E-state index in [1.54, 1.807) is 55.8 Å². The number of anilines is 2. The van der Waals surface area contributed by atoms with Gasteiger partial charge in [-0.25, -0.2) is 4.79 Å². The zero-order chi connectivity index (χ0) is 34.8. The maximum absolute atomic E-state index is 14.4. The number of ether oxygens (including phenoxy) is 2. The molecule has 4 atom stereocenters. The van der Waals surface area contributed by atoms with Crippen LogP contribution in [-0.2, 0) is 16.0 Å². The number of aliphatic hydroxyl groups is 1. The first-order valence-electron chi connectivity index (χ1n) is 16.6. The molecule has 0 saturated heterocycles. The number of hydrogen-bond donors (Lipinski definition) is 3. The van der Waals surface area contributed by atoms with Gasteiger partial charge in [-0.1, -0.05) is 42.4 Å². The van der Waals surface area contributed by atoms with Crippen LogP contribution < -0.4 is 15.4 Å². The predicted molar refractivity (Wildman–Crippen MR) is 183 cm³/mol. The van der Waals surface area contributed by atoms with Gasteiger partial charge in [-0.2, -0.15) is 0 Å². The number of urea groups is 1. The van der Waals surface area contributed by atoms with Crippen LogP contribution in [0.25, 0.3) is 0 Å². The van der Waals surface area contributed by atoms with Gasteiger partial charge < -0.3 is 39.5 Å². The van der Waals surface area contributed by atoms with E-state index in [0.717, 1.165) is 24.8 Å². The molecule has 0 bridgehead atoms. The van der Waals surface area contributed by atoms with E-state index in [1.165, 1.54) is 0 Å². The Labute approximate surface area is 282 Å². The van der Waals surface area contributed by atoms with E-state index < -0.39 is 12.1 Å². The molecule has 0 unspecified atom stereocenters. The summed E-state index contributed by atoms with van der Waals surface area (Å²) < 4.78 is 17.8.